The zero-order valence-electron chi connectivity index (χ0n) is 16.7. The Morgan fingerprint density at radius 3 is 2.46 bits per heavy atom. The van der Waals surface area contributed by atoms with Crippen molar-refractivity contribution >= 4 is 5.69 Å². The van der Waals surface area contributed by atoms with Gasteiger partial charge < -0.3 is 14.5 Å². The van der Waals surface area contributed by atoms with Crippen LogP contribution in [0.2, 0.25) is 0 Å². The van der Waals surface area contributed by atoms with Crippen LogP contribution < -0.4 is 14.5 Å². The molecule has 2 aliphatic heterocycles. The molecular formula is C23H31FN3O+. The van der Waals surface area contributed by atoms with Crippen LogP contribution in [0.5, 0.6) is 5.75 Å². The Kier molecular flexibility index (Phi) is 6.13. The minimum atomic E-state index is -0.134. The van der Waals surface area contributed by atoms with E-state index in [-0.39, 0.29) is 5.82 Å². The van der Waals surface area contributed by atoms with E-state index in [1.54, 1.807) is 18.1 Å². The van der Waals surface area contributed by atoms with Crippen molar-refractivity contribution in [3.05, 3.63) is 59.9 Å². The number of anilines is 1. The first kappa shape index (κ1) is 19.2. The Bertz CT molecular complexity index is 768. The summed E-state index contributed by atoms with van der Waals surface area (Å²) >= 11 is 0. The van der Waals surface area contributed by atoms with Crippen molar-refractivity contribution in [3.8, 4) is 5.75 Å². The first-order valence-electron chi connectivity index (χ1n) is 10.4. The second kappa shape index (κ2) is 8.93. The largest absolute Gasteiger partial charge is 0.495 e. The molecule has 2 aromatic rings. The van der Waals surface area contributed by atoms with Crippen molar-refractivity contribution in [2.45, 2.75) is 25.4 Å². The molecule has 4 nitrogen and oxygen atoms in total. The number of benzene rings is 2. The highest BCUT2D eigenvalue weighted by Gasteiger charge is 2.31. The van der Waals surface area contributed by atoms with Gasteiger partial charge in [-0.15, -0.1) is 0 Å². The van der Waals surface area contributed by atoms with Gasteiger partial charge in [0.25, 0.3) is 0 Å². The summed E-state index contributed by atoms with van der Waals surface area (Å²) in [6.45, 7) is 7.63. The highest BCUT2D eigenvalue weighted by molar-refractivity contribution is 5.58. The molecule has 2 aromatic carbocycles. The summed E-state index contributed by atoms with van der Waals surface area (Å²) in [7, 11) is 1.75. The molecule has 28 heavy (non-hydrogen) atoms. The van der Waals surface area contributed by atoms with Crippen LogP contribution in [-0.4, -0.2) is 57.3 Å². The quantitative estimate of drug-likeness (QED) is 0.854. The van der Waals surface area contributed by atoms with Gasteiger partial charge in [-0.05, 0) is 29.8 Å². The van der Waals surface area contributed by atoms with E-state index in [0.29, 0.717) is 0 Å². The topological polar surface area (TPSA) is 20.1 Å². The Morgan fingerprint density at radius 1 is 1.00 bits per heavy atom. The number of nitrogens with one attached hydrogen (secondary N) is 1. The predicted molar refractivity (Wildman–Crippen MR) is 111 cm³/mol. The Morgan fingerprint density at radius 2 is 1.75 bits per heavy atom. The zero-order chi connectivity index (χ0) is 19.3. The molecule has 0 atom stereocenters. The SMILES string of the molecule is COc1ccccc1N1CC[NH+](C2CCN(Cc3cccc(F)c3)CC2)CC1. The molecule has 0 bridgehead atoms. The van der Waals surface area contributed by atoms with Crippen molar-refractivity contribution in [1.29, 1.82) is 0 Å². The molecule has 0 unspecified atom stereocenters. The van der Waals surface area contributed by atoms with Crippen LogP contribution in [0.4, 0.5) is 10.1 Å². The molecule has 0 aliphatic carbocycles. The van der Waals surface area contributed by atoms with E-state index in [4.69, 9.17) is 4.74 Å². The summed E-state index contributed by atoms with van der Waals surface area (Å²) in [4.78, 5) is 6.67. The molecule has 0 saturated carbocycles. The Hall–Kier alpha value is -2.11. The van der Waals surface area contributed by atoms with Crippen LogP contribution >= 0.6 is 0 Å². The number of methoxy groups -OCH3 is 1. The van der Waals surface area contributed by atoms with Gasteiger partial charge in [0.2, 0.25) is 0 Å². The van der Waals surface area contributed by atoms with Crippen LogP contribution in [-0.2, 0) is 6.54 Å². The number of piperazine rings is 1. The number of halogens is 1. The lowest BCUT2D eigenvalue weighted by atomic mass is 10.0. The molecule has 0 radical (unpaired) electrons. The third kappa shape index (κ3) is 4.47. The lowest BCUT2D eigenvalue weighted by Crippen LogP contribution is -3.18. The van der Waals surface area contributed by atoms with E-state index in [1.165, 1.54) is 37.7 Å². The number of ether oxygens (including phenoxy) is 1. The lowest BCUT2D eigenvalue weighted by molar-refractivity contribution is -0.927. The standard InChI is InChI=1S/C23H30FN3O/c1-28-23-8-3-2-7-22(23)27-15-13-26(14-16-27)21-9-11-25(12-10-21)18-19-5-4-6-20(24)17-19/h2-8,17,21H,9-16,18H2,1H3/p+1. The molecule has 1 N–H and O–H groups in total. The van der Waals surface area contributed by atoms with Crippen molar-refractivity contribution in [3.63, 3.8) is 0 Å². The van der Waals surface area contributed by atoms with Gasteiger partial charge >= 0.3 is 0 Å². The van der Waals surface area contributed by atoms with Crippen LogP contribution in [0.1, 0.15) is 18.4 Å². The second-order valence-corrected chi connectivity index (χ2v) is 8.00. The van der Waals surface area contributed by atoms with E-state index in [2.05, 4.69) is 21.9 Å². The smallest absolute Gasteiger partial charge is 0.142 e. The van der Waals surface area contributed by atoms with Gasteiger partial charge in [0.1, 0.15) is 11.6 Å². The maximum atomic E-state index is 13.4. The number of para-hydroxylation sites is 2. The average Bonchev–Trinajstić information content (AvgIpc) is 2.74. The number of quaternary nitrogens is 1. The molecule has 5 heteroatoms. The van der Waals surface area contributed by atoms with Gasteiger partial charge in [0.05, 0.1) is 45.0 Å². The maximum absolute atomic E-state index is 13.4. The average molecular weight is 385 g/mol. The zero-order valence-corrected chi connectivity index (χ0v) is 16.7. The molecule has 0 spiro atoms. The van der Waals surface area contributed by atoms with Crippen LogP contribution in [0.25, 0.3) is 0 Å². The number of hydrogen-bond donors (Lipinski definition) is 1. The summed E-state index contributed by atoms with van der Waals surface area (Å²) in [6, 6.07) is 16.1. The van der Waals surface area contributed by atoms with Crippen LogP contribution in [0, 0.1) is 5.82 Å². The van der Waals surface area contributed by atoms with E-state index < -0.39 is 0 Å². The van der Waals surface area contributed by atoms with Gasteiger partial charge in [0, 0.05) is 32.5 Å². The Balaban J connectivity index is 1.26. The Labute approximate surface area is 167 Å². The molecule has 0 amide bonds. The van der Waals surface area contributed by atoms with E-state index in [9.17, 15) is 4.39 Å². The fraction of sp³-hybridized carbons (Fsp3) is 0.478. The highest BCUT2D eigenvalue weighted by Crippen LogP contribution is 2.27. The van der Waals surface area contributed by atoms with Crippen molar-refractivity contribution < 1.29 is 14.0 Å². The summed E-state index contributed by atoms with van der Waals surface area (Å²) in [5.74, 6) is 0.835. The highest BCUT2D eigenvalue weighted by atomic mass is 19.1. The van der Waals surface area contributed by atoms with E-state index in [1.807, 2.05) is 24.3 Å². The number of nitrogens with zero attached hydrogens (tertiary/aromatic N) is 2. The fourth-order valence-electron chi connectivity index (χ4n) is 4.73. The van der Waals surface area contributed by atoms with Gasteiger partial charge in [-0.1, -0.05) is 24.3 Å². The monoisotopic (exact) mass is 384 g/mol. The van der Waals surface area contributed by atoms with Crippen LogP contribution in [0.15, 0.2) is 48.5 Å². The van der Waals surface area contributed by atoms with Crippen LogP contribution in [0.3, 0.4) is 0 Å². The predicted octanol–water partition coefficient (Wildman–Crippen LogP) is 2.20. The van der Waals surface area contributed by atoms with E-state index >= 15 is 0 Å². The lowest BCUT2D eigenvalue weighted by Gasteiger charge is -2.41. The molecule has 4 rings (SSSR count). The molecular weight excluding hydrogens is 353 g/mol. The minimum absolute atomic E-state index is 0.134. The first-order valence-corrected chi connectivity index (χ1v) is 10.4. The molecule has 2 heterocycles. The summed E-state index contributed by atoms with van der Waals surface area (Å²) in [5, 5.41) is 0. The molecule has 2 saturated heterocycles. The van der Waals surface area contributed by atoms with E-state index in [0.717, 1.165) is 50.1 Å². The summed E-state index contributed by atoms with van der Waals surface area (Å²) in [5.41, 5.74) is 2.30. The first-order chi connectivity index (χ1) is 13.7. The van der Waals surface area contributed by atoms with Crippen molar-refractivity contribution in [2.24, 2.45) is 0 Å². The number of rotatable bonds is 5. The molecule has 2 aliphatic rings. The van der Waals surface area contributed by atoms with Crippen molar-refractivity contribution in [2.75, 3.05) is 51.3 Å². The van der Waals surface area contributed by atoms with Gasteiger partial charge in [-0.25, -0.2) is 4.39 Å². The number of hydrogen-bond acceptors (Lipinski definition) is 3. The van der Waals surface area contributed by atoms with Gasteiger partial charge in [-0.2, -0.15) is 0 Å². The molecule has 150 valence electrons. The van der Waals surface area contributed by atoms with Crippen molar-refractivity contribution in [1.82, 2.24) is 4.90 Å². The third-order valence-corrected chi connectivity index (χ3v) is 6.29. The molecule has 0 aromatic heterocycles. The summed E-state index contributed by atoms with van der Waals surface area (Å²) in [6.07, 6.45) is 2.47. The maximum Gasteiger partial charge on any atom is 0.142 e. The normalized spacial score (nSPS) is 19.7. The second-order valence-electron chi connectivity index (χ2n) is 8.00. The minimum Gasteiger partial charge on any atom is -0.495 e. The van der Waals surface area contributed by atoms with Gasteiger partial charge in [0.15, 0.2) is 0 Å². The summed E-state index contributed by atoms with van der Waals surface area (Å²) < 4.78 is 18.9. The third-order valence-electron chi connectivity index (χ3n) is 6.29. The number of piperidine rings is 1. The fourth-order valence-corrected chi connectivity index (χ4v) is 4.73. The van der Waals surface area contributed by atoms with Gasteiger partial charge in [-0.3, -0.25) is 4.90 Å². The molecule has 2 fully saturated rings. The number of likely N-dealkylation sites (tertiary alicyclic amines) is 1.